The molecule has 0 bridgehead atoms. The molecule has 4 heteroatoms. The molecule has 1 aliphatic heterocycles. The summed E-state index contributed by atoms with van der Waals surface area (Å²) in [6.45, 7) is 2.02. The molecule has 0 radical (unpaired) electrons. The van der Waals surface area contributed by atoms with Crippen molar-refractivity contribution < 1.29 is 4.42 Å². The van der Waals surface area contributed by atoms with Crippen molar-refractivity contribution in [2.24, 2.45) is 0 Å². The summed E-state index contributed by atoms with van der Waals surface area (Å²) in [5, 5.41) is 3.32. The van der Waals surface area contributed by atoms with Gasteiger partial charge in [0.05, 0.1) is 0 Å². The molecular formula is C13H17N3O. The monoisotopic (exact) mass is 231 g/mol. The maximum Gasteiger partial charge on any atom is 0.298 e. The second kappa shape index (κ2) is 4.37. The quantitative estimate of drug-likeness (QED) is 0.858. The average molecular weight is 231 g/mol. The van der Waals surface area contributed by atoms with Gasteiger partial charge in [0.25, 0.3) is 6.01 Å². The first-order valence-electron chi connectivity index (χ1n) is 6.14. The van der Waals surface area contributed by atoms with Gasteiger partial charge in [-0.1, -0.05) is 12.1 Å². The summed E-state index contributed by atoms with van der Waals surface area (Å²) in [5.74, 6) is 0. The second-order valence-corrected chi connectivity index (χ2v) is 4.51. The standard InChI is InChI=1S/C13H17N3O/c1-14-10-6-8-16(9-7-10)13-15-11-4-2-3-5-12(11)17-13/h2-5,10,14H,6-9H2,1H3. The summed E-state index contributed by atoms with van der Waals surface area (Å²) in [7, 11) is 2.03. The molecule has 1 aromatic carbocycles. The molecule has 17 heavy (non-hydrogen) atoms. The number of hydrogen-bond donors (Lipinski definition) is 1. The Hall–Kier alpha value is -1.55. The SMILES string of the molecule is CNC1CCN(c2nc3ccccc3o2)CC1. The smallest absolute Gasteiger partial charge is 0.298 e. The number of rotatable bonds is 2. The molecule has 0 unspecified atom stereocenters. The summed E-state index contributed by atoms with van der Waals surface area (Å²) in [6.07, 6.45) is 2.30. The number of nitrogens with zero attached hydrogens (tertiary/aromatic N) is 2. The van der Waals surface area contributed by atoms with E-state index in [1.54, 1.807) is 0 Å². The van der Waals surface area contributed by atoms with Crippen molar-refractivity contribution in [3.8, 4) is 0 Å². The van der Waals surface area contributed by atoms with Gasteiger partial charge in [-0.25, -0.2) is 0 Å². The zero-order valence-electron chi connectivity index (χ0n) is 10.0. The van der Waals surface area contributed by atoms with Crippen LogP contribution >= 0.6 is 0 Å². The fraction of sp³-hybridized carbons (Fsp3) is 0.462. The molecule has 1 aromatic heterocycles. The van der Waals surface area contributed by atoms with Crippen LogP contribution in [-0.2, 0) is 0 Å². The molecule has 1 aliphatic rings. The van der Waals surface area contributed by atoms with Crippen LogP contribution in [0.1, 0.15) is 12.8 Å². The highest BCUT2D eigenvalue weighted by Crippen LogP contribution is 2.24. The van der Waals surface area contributed by atoms with Gasteiger partial charge in [0, 0.05) is 19.1 Å². The van der Waals surface area contributed by atoms with E-state index in [-0.39, 0.29) is 0 Å². The summed E-state index contributed by atoms with van der Waals surface area (Å²) in [5.41, 5.74) is 1.82. The van der Waals surface area contributed by atoms with E-state index in [1.165, 1.54) is 0 Å². The minimum Gasteiger partial charge on any atom is -0.423 e. The third-order valence-electron chi connectivity index (χ3n) is 3.46. The predicted molar refractivity (Wildman–Crippen MR) is 68.3 cm³/mol. The lowest BCUT2D eigenvalue weighted by atomic mass is 10.1. The number of anilines is 1. The lowest BCUT2D eigenvalue weighted by Crippen LogP contribution is -2.41. The van der Waals surface area contributed by atoms with Gasteiger partial charge in [-0.3, -0.25) is 0 Å². The van der Waals surface area contributed by atoms with E-state index in [0.717, 1.165) is 43.0 Å². The summed E-state index contributed by atoms with van der Waals surface area (Å²) in [6, 6.07) is 9.32. The Bertz CT molecular complexity index is 467. The minimum atomic E-state index is 0.635. The fourth-order valence-corrected chi connectivity index (χ4v) is 2.35. The first-order chi connectivity index (χ1) is 8.36. The van der Waals surface area contributed by atoms with Gasteiger partial charge < -0.3 is 14.6 Å². The molecule has 2 heterocycles. The number of benzene rings is 1. The molecule has 0 saturated carbocycles. The maximum absolute atomic E-state index is 5.77. The molecule has 4 nitrogen and oxygen atoms in total. The van der Waals surface area contributed by atoms with E-state index < -0.39 is 0 Å². The topological polar surface area (TPSA) is 41.3 Å². The number of fused-ring (bicyclic) bond motifs is 1. The summed E-state index contributed by atoms with van der Waals surface area (Å²) < 4.78 is 5.77. The van der Waals surface area contributed by atoms with Crippen molar-refractivity contribution in [3.05, 3.63) is 24.3 Å². The lowest BCUT2D eigenvalue weighted by Gasteiger charge is -2.30. The number of oxazole rings is 1. The van der Waals surface area contributed by atoms with E-state index in [0.29, 0.717) is 6.04 Å². The fourth-order valence-electron chi connectivity index (χ4n) is 2.35. The average Bonchev–Trinajstić information content (AvgIpc) is 2.82. The lowest BCUT2D eigenvalue weighted by molar-refractivity contribution is 0.423. The Balaban J connectivity index is 1.80. The number of piperidine rings is 1. The highest BCUT2D eigenvalue weighted by Gasteiger charge is 2.21. The zero-order valence-corrected chi connectivity index (χ0v) is 10.0. The third kappa shape index (κ3) is 2.00. The van der Waals surface area contributed by atoms with Gasteiger partial charge in [0.15, 0.2) is 5.58 Å². The molecule has 1 fully saturated rings. The van der Waals surface area contributed by atoms with E-state index >= 15 is 0 Å². The molecule has 0 atom stereocenters. The Labute approximate surface area is 101 Å². The van der Waals surface area contributed by atoms with Gasteiger partial charge in [-0.15, -0.1) is 0 Å². The largest absolute Gasteiger partial charge is 0.423 e. The van der Waals surface area contributed by atoms with Crippen LogP contribution in [0.4, 0.5) is 6.01 Å². The highest BCUT2D eigenvalue weighted by molar-refractivity contribution is 5.74. The number of aromatic nitrogens is 1. The van der Waals surface area contributed by atoms with Crippen molar-refractivity contribution in [3.63, 3.8) is 0 Å². The van der Waals surface area contributed by atoms with Gasteiger partial charge in [0.2, 0.25) is 0 Å². The van der Waals surface area contributed by atoms with Gasteiger partial charge in [0.1, 0.15) is 5.52 Å². The molecule has 1 N–H and O–H groups in total. The maximum atomic E-state index is 5.77. The van der Waals surface area contributed by atoms with Crippen LogP contribution in [0.5, 0.6) is 0 Å². The molecule has 0 spiro atoms. The van der Waals surface area contributed by atoms with Crippen molar-refractivity contribution in [2.45, 2.75) is 18.9 Å². The number of hydrogen-bond acceptors (Lipinski definition) is 4. The van der Waals surface area contributed by atoms with Gasteiger partial charge >= 0.3 is 0 Å². The first-order valence-corrected chi connectivity index (χ1v) is 6.14. The van der Waals surface area contributed by atoms with Crippen LogP contribution in [0.2, 0.25) is 0 Å². The van der Waals surface area contributed by atoms with Gasteiger partial charge in [-0.2, -0.15) is 4.98 Å². The van der Waals surface area contributed by atoms with Crippen LogP contribution in [0, 0.1) is 0 Å². The minimum absolute atomic E-state index is 0.635. The molecule has 0 aliphatic carbocycles. The predicted octanol–water partition coefficient (Wildman–Crippen LogP) is 2.02. The summed E-state index contributed by atoms with van der Waals surface area (Å²) >= 11 is 0. The van der Waals surface area contributed by atoms with Crippen LogP contribution in [0.15, 0.2) is 28.7 Å². The second-order valence-electron chi connectivity index (χ2n) is 4.51. The van der Waals surface area contributed by atoms with Crippen LogP contribution in [0.3, 0.4) is 0 Å². The highest BCUT2D eigenvalue weighted by atomic mass is 16.4. The third-order valence-corrected chi connectivity index (χ3v) is 3.46. The van der Waals surface area contributed by atoms with Crippen molar-refractivity contribution in [2.75, 3.05) is 25.0 Å². The molecule has 90 valence electrons. The molecular weight excluding hydrogens is 214 g/mol. The Kier molecular flexibility index (Phi) is 2.73. The van der Waals surface area contributed by atoms with Crippen molar-refractivity contribution >= 4 is 17.1 Å². The molecule has 3 rings (SSSR count). The van der Waals surface area contributed by atoms with Crippen molar-refractivity contribution in [1.29, 1.82) is 0 Å². The van der Waals surface area contributed by atoms with Crippen LogP contribution in [0.25, 0.3) is 11.1 Å². The first kappa shape index (κ1) is 10.6. The summed E-state index contributed by atoms with van der Waals surface area (Å²) in [4.78, 5) is 6.76. The van der Waals surface area contributed by atoms with Crippen molar-refractivity contribution in [1.82, 2.24) is 10.3 Å². The van der Waals surface area contributed by atoms with Crippen LogP contribution in [-0.4, -0.2) is 31.2 Å². The van der Waals surface area contributed by atoms with E-state index in [9.17, 15) is 0 Å². The molecule has 2 aromatic rings. The van der Waals surface area contributed by atoms with E-state index in [1.807, 2.05) is 31.3 Å². The van der Waals surface area contributed by atoms with Crippen LogP contribution < -0.4 is 10.2 Å². The van der Waals surface area contributed by atoms with E-state index in [2.05, 4.69) is 15.2 Å². The Morgan fingerprint density at radius 3 is 2.76 bits per heavy atom. The zero-order chi connectivity index (χ0) is 11.7. The molecule has 0 amide bonds. The number of para-hydroxylation sites is 2. The Morgan fingerprint density at radius 1 is 1.29 bits per heavy atom. The molecule has 1 saturated heterocycles. The Morgan fingerprint density at radius 2 is 2.06 bits per heavy atom. The van der Waals surface area contributed by atoms with E-state index in [4.69, 9.17) is 4.42 Å². The van der Waals surface area contributed by atoms with Gasteiger partial charge in [-0.05, 0) is 32.0 Å². The number of nitrogens with one attached hydrogen (secondary N) is 1. The normalized spacial score (nSPS) is 17.8.